The molecule has 3 rings (SSSR count). The van der Waals surface area contributed by atoms with Crippen LogP contribution in [-0.2, 0) is 20.6 Å². The number of hydrogen-bond acceptors (Lipinski definition) is 7. The zero-order valence-electron chi connectivity index (χ0n) is 17.5. The molecule has 0 amide bonds. The molecule has 0 spiro atoms. The standard InChI is InChI=1S/C20H24N4O6/c1-22-18-16(19(26)23(2)20(22)27)24(8-9-25)15(21-18)7-6-12-10-13(28-3)17(30-5)14(11-12)29-4/h6-7,10-11,25H,8-9H2,1-5H3/b7-6+. The summed E-state index contributed by atoms with van der Waals surface area (Å²) in [5.74, 6) is 1.89. The molecule has 0 saturated carbocycles. The molecule has 0 bridgehead atoms. The van der Waals surface area contributed by atoms with Gasteiger partial charge in [0.2, 0.25) is 5.75 Å². The SMILES string of the molecule is COc1cc(/C=C/c2nc3c(c(=O)n(C)c(=O)n3C)n2CCO)cc(OC)c1OC. The van der Waals surface area contributed by atoms with Gasteiger partial charge in [0.05, 0.1) is 27.9 Å². The van der Waals surface area contributed by atoms with Gasteiger partial charge >= 0.3 is 5.69 Å². The van der Waals surface area contributed by atoms with E-state index in [0.29, 0.717) is 23.1 Å². The summed E-state index contributed by atoms with van der Waals surface area (Å²) in [4.78, 5) is 29.3. The number of aliphatic hydroxyl groups excluding tert-OH is 1. The second kappa shape index (κ2) is 8.46. The summed E-state index contributed by atoms with van der Waals surface area (Å²) in [6.07, 6.45) is 3.46. The second-order valence-corrected chi connectivity index (χ2v) is 6.52. The van der Waals surface area contributed by atoms with Gasteiger partial charge in [-0.25, -0.2) is 9.78 Å². The maximum atomic E-state index is 12.7. The number of imidazole rings is 1. The van der Waals surface area contributed by atoms with Crippen molar-refractivity contribution in [3.05, 3.63) is 44.4 Å². The Kier molecular flexibility index (Phi) is 5.97. The highest BCUT2D eigenvalue weighted by Gasteiger charge is 2.18. The third-order valence-electron chi connectivity index (χ3n) is 4.81. The molecule has 2 heterocycles. The molecule has 3 aromatic rings. The Hall–Kier alpha value is -3.53. The number of methoxy groups -OCH3 is 3. The van der Waals surface area contributed by atoms with Crippen molar-refractivity contribution in [1.82, 2.24) is 18.7 Å². The van der Waals surface area contributed by atoms with Crippen molar-refractivity contribution in [3.63, 3.8) is 0 Å². The zero-order chi connectivity index (χ0) is 22.0. The molecular weight excluding hydrogens is 392 g/mol. The molecule has 10 heteroatoms. The molecule has 0 radical (unpaired) electrons. The van der Waals surface area contributed by atoms with Gasteiger partial charge < -0.3 is 23.9 Å². The first-order valence-corrected chi connectivity index (χ1v) is 9.13. The van der Waals surface area contributed by atoms with E-state index in [1.165, 1.54) is 32.9 Å². The number of rotatable bonds is 7. The van der Waals surface area contributed by atoms with E-state index in [-0.39, 0.29) is 24.3 Å². The van der Waals surface area contributed by atoms with Gasteiger partial charge in [-0.05, 0) is 23.8 Å². The van der Waals surface area contributed by atoms with Gasteiger partial charge in [-0.3, -0.25) is 13.9 Å². The number of aliphatic hydroxyl groups is 1. The maximum Gasteiger partial charge on any atom is 0.332 e. The molecule has 0 aliphatic rings. The molecule has 1 aromatic carbocycles. The van der Waals surface area contributed by atoms with Gasteiger partial charge in [-0.2, -0.15) is 0 Å². The summed E-state index contributed by atoms with van der Waals surface area (Å²) in [6, 6.07) is 3.54. The lowest BCUT2D eigenvalue weighted by molar-refractivity contribution is 0.277. The van der Waals surface area contributed by atoms with Crippen molar-refractivity contribution in [1.29, 1.82) is 0 Å². The lowest BCUT2D eigenvalue weighted by atomic mass is 10.1. The predicted molar refractivity (Wildman–Crippen MR) is 112 cm³/mol. The van der Waals surface area contributed by atoms with E-state index in [2.05, 4.69) is 4.98 Å². The van der Waals surface area contributed by atoms with E-state index in [1.54, 1.807) is 35.9 Å². The summed E-state index contributed by atoms with van der Waals surface area (Å²) in [6.45, 7) is -0.0403. The van der Waals surface area contributed by atoms with Gasteiger partial charge in [0.15, 0.2) is 22.7 Å². The Labute approximate surface area is 172 Å². The minimum Gasteiger partial charge on any atom is -0.493 e. The first-order chi connectivity index (χ1) is 14.4. The molecule has 0 aliphatic heterocycles. The van der Waals surface area contributed by atoms with Crippen molar-refractivity contribution >= 4 is 23.3 Å². The fourth-order valence-corrected chi connectivity index (χ4v) is 3.29. The molecule has 2 aromatic heterocycles. The number of ether oxygens (including phenoxy) is 3. The molecule has 30 heavy (non-hydrogen) atoms. The molecule has 1 N–H and O–H groups in total. The molecule has 0 atom stereocenters. The van der Waals surface area contributed by atoms with Crippen LogP contribution < -0.4 is 25.5 Å². The summed E-state index contributed by atoms with van der Waals surface area (Å²) in [5.41, 5.74) is 0.302. The van der Waals surface area contributed by atoms with Crippen LogP contribution in [0.15, 0.2) is 21.7 Å². The number of nitrogens with zero attached hydrogens (tertiary/aromatic N) is 4. The Morgan fingerprint density at radius 3 is 2.17 bits per heavy atom. The van der Waals surface area contributed by atoms with Crippen molar-refractivity contribution in [2.24, 2.45) is 14.1 Å². The molecule has 160 valence electrons. The van der Waals surface area contributed by atoms with E-state index in [9.17, 15) is 14.7 Å². The molecule has 10 nitrogen and oxygen atoms in total. The van der Waals surface area contributed by atoms with Crippen molar-refractivity contribution in [3.8, 4) is 17.2 Å². The Morgan fingerprint density at radius 1 is 1.00 bits per heavy atom. The first-order valence-electron chi connectivity index (χ1n) is 9.13. The highest BCUT2D eigenvalue weighted by Crippen LogP contribution is 2.38. The lowest BCUT2D eigenvalue weighted by Gasteiger charge is -2.12. The Morgan fingerprint density at radius 2 is 1.63 bits per heavy atom. The van der Waals surface area contributed by atoms with E-state index in [4.69, 9.17) is 14.2 Å². The third-order valence-corrected chi connectivity index (χ3v) is 4.81. The van der Waals surface area contributed by atoms with E-state index in [1.807, 2.05) is 0 Å². The van der Waals surface area contributed by atoms with Gasteiger partial charge in [0, 0.05) is 20.6 Å². The van der Waals surface area contributed by atoms with Crippen LogP contribution in [0, 0.1) is 0 Å². The van der Waals surface area contributed by atoms with Gasteiger partial charge in [-0.15, -0.1) is 0 Å². The quantitative estimate of drug-likeness (QED) is 0.601. The Bertz CT molecular complexity index is 1210. The third kappa shape index (κ3) is 3.45. The van der Waals surface area contributed by atoms with Crippen molar-refractivity contribution < 1.29 is 19.3 Å². The van der Waals surface area contributed by atoms with Crippen LogP contribution in [-0.4, -0.2) is 51.7 Å². The fraction of sp³-hybridized carbons (Fsp3) is 0.350. The maximum absolute atomic E-state index is 12.7. The van der Waals surface area contributed by atoms with Crippen LogP contribution in [0.3, 0.4) is 0 Å². The summed E-state index contributed by atoms with van der Waals surface area (Å²) in [5, 5.41) is 9.49. The molecular formula is C20H24N4O6. The Balaban J connectivity index is 2.19. The van der Waals surface area contributed by atoms with Crippen LogP contribution >= 0.6 is 0 Å². The number of aromatic nitrogens is 4. The van der Waals surface area contributed by atoms with E-state index < -0.39 is 11.2 Å². The first kappa shape index (κ1) is 21.2. The number of fused-ring (bicyclic) bond motifs is 1. The highest BCUT2D eigenvalue weighted by atomic mass is 16.5. The van der Waals surface area contributed by atoms with E-state index >= 15 is 0 Å². The zero-order valence-corrected chi connectivity index (χ0v) is 17.5. The van der Waals surface area contributed by atoms with E-state index in [0.717, 1.165) is 10.1 Å². The predicted octanol–water partition coefficient (Wildman–Crippen LogP) is 0.622. The topological polar surface area (TPSA) is 110 Å². The number of hydrogen-bond donors (Lipinski definition) is 1. The summed E-state index contributed by atoms with van der Waals surface area (Å²) in [7, 11) is 7.54. The average molecular weight is 416 g/mol. The average Bonchev–Trinajstić information content (AvgIpc) is 3.12. The van der Waals surface area contributed by atoms with Crippen LogP contribution in [0.2, 0.25) is 0 Å². The molecule has 0 fully saturated rings. The van der Waals surface area contributed by atoms with Crippen LogP contribution in [0.1, 0.15) is 11.4 Å². The minimum absolute atomic E-state index is 0.152. The van der Waals surface area contributed by atoms with Crippen molar-refractivity contribution in [2.45, 2.75) is 6.54 Å². The van der Waals surface area contributed by atoms with Crippen molar-refractivity contribution in [2.75, 3.05) is 27.9 Å². The molecule has 0 aliphatic carbocycles. The second-order valence-electron chi connectivity index (χ2n) is 6.52. The monoisotopic (exact) mass is 416 g/mol. The highest BCUT2D eigenvalue weighted by molar-refractivity contribution is 5.77. The van der Waals surface area contributed by atoms with Gasteiger partial charge in [-0.1, -0.05) is 6.08 Å². The van der Waals surface area contributed by atoms with Crippen LogP contribution in [0.4, 0.5) is 0 Å². The van der Waals surface area contributed by atoms with Crippen LogP contribution in [0.25, 0.3) is 23.3 Å². The van der Waals surface area contributed by atoms with Gasteiger partial charge in [0.1, 0.15) is 5.82 Å². The molecule has 0 saturated heterocycles. The number of aryl methyl sites for hydroxylation is 1. The smallest absolute Gasteiger partial charge is 0.332 e. The fourth-order valence-electron chi connectivity index (χ4n) is 3.29. The van der Waals surface area contributed by atoms with Gasteiger partial charge in [0.25, 0.3) is 5.56 Å². The lowest BCUT2D eigenvalue weighted by Crippen LogP contribution is -2.37. The summed E-state index contributed by atoms with van der Waals surface area (Å²) < 4.78 is 20.0. The number of benzene rings is 1. The normalized spacial score (nSPS) is 11.4. The minimum atomic E-state index is -0.471. The van der Waals surface area contributed by atoms with Crippen LogP contribution in [0.5, 0.6) is 17.2 Å². The molecule has 0 unspecified atom stereocenters. The summed E-state index contributed by atoms with van der Waals surface area (Å²) >= 11 is 0. The largest absolute Gasteiger partial charge is 0.493 e.